The summed E-state index contributed by atoms with van der Waals surface area (Å²) in [5.41, 5.74) is 1.53. The predicted octanol–water partition coefficient (Wildman–Crippen LogP) is 22.2. The lowest BCUT2D eigenvalue weighted by Crippen LogP contribution is -2.48. The zero-order valence-electron chi connectivity index (χ0n) is 90.5. The molecule has 11 aliphatic heterocycles. The summed E-state index contributed by atoms with van der Waals surface area (Å²) in [6, 6.07) is 11.4. The van der Waals surface area contributed by atoms with Crippen molar-refractivity contribution in [3.63, 3.8) is 0 Å². The Bertz CT molecular complexity index is 6860. The zero-order valence-corrected chi connectivity index (χ0v) is 100. The number of piperazine rings is 6. The van der Waals surface area contributed by atoms with Gasteiger partial charge >= 0.3 is 0 Å². The number of unbranched alkanes of at least 4 members (excludes halogenated alkanes) is 1. The highest BCUT2D eigenvalue weighted by Gasteiger charge is 2.40. The van der Waals surface area contributed by atoms with Crippen molar-refractivity contribution >= 4 is 265 Å². The van der Waals surface area contributed by atoms with Crippen molar-refractivity contribution in [2.24, 2.45) is 25.0 Å². The minimum absolute atomic E-state index is 0.245. The molecule has 0 aromatic carbocycles. The Kier molecular flexibility index (Phi) is 34.2. The molecule has 800 valence electrons. The number of rotatable bonds is 15. The Morgan fingerprint density at radius 2 is 0.627 bits per heavy atom. The van der Waals surface area contributed by atoms with Gasteiger partial charge in [0.1, 0.15) is 101 Å². The molecule has 6 fully saturated rings. The van der Waals surface area contributed by atoms with Gasteiger partial charge in [-0.15, -0.1) is 79.4 Å². The molecule has 0 radical (unpaired) electrons. The summed E-state index contributed by atoms with van der Waals surface area (Å²) in [7, 11) is 0. The van der Waals surface area contributed by atoms with E-state index in [1.807, 2.05) is 111 Å². The van der Waals surface area contributed by atoms with Crippen molar-refractivity contribution in [1.82, 2.24) is 89.3 Å². The second-order valence-electron chi connectivity index (χ2n) is 44.0. The number of aliphatic imine (C=N–C) groups is 5. The Labute approximate surface area is 934 Å². The highest BCUT2D eigenvalue weighted by Crippen LogP contribution is 2.46. The predicted molar refractivity (Wildman–Crippen MR) is 651 cm³/mol. The van der Waals surface area contributed by atoms with Gasteiger partial charge in [0.15, 0.2) is 31.0 Å². The molecule has 0 spiro atoms. The van der Waals surface area contributed by atoms with Gasteiger partial charge in [-0.25, -0.2) is 64.8 Å². The van der Waals surface area contributed by atoms with E-state index in [1.165, 1.54) is 138 Å². The van der Waals surface area contributed by atoms with Crippen molar-refractivity contribution in [3.05, 3.63) is 114 Å². The number of hydrogen-bond donors (Lipinski definition) is 0. The van der Waals surface area contributed by atoms with Gasteiger partial charge < -0.3 is 58.8 Å². The highest BCUT2D eigenvalue weighted by molar-refractivity contribution is 8.16. The molecule has 13 aromatic rings. The standard InChI is InChI=1S/C19H25N5S2.2C19H27N5S2.2C18H25N5S2.C15H17N5S2/c1-19(2)11-20-18(26-19)24-9-7-23(8-10-24)16-15-13-5-3-4-6-14(13)25-17(15)22-12-21-16;1-5-6-14-11-15-16(21-13(2)22-17(15)25-14)23-7-9-24(10-8-23)18-20-12-19(3,4)26-18;1-4-5-6-14-11-15-16(21-13-22-17(15)25-14)23-7-9-24(10-8-23)18-20-12-19(2,3)26-18;2*1-12(2)14-9-13-15(20-11-21-16(13)24-14)22-5-7-23(8-6-22)17-19-10-18(3,4)25-17;1-2-11-9-12-13(17-10-18-14(12)22-11)19-4-6-20(7-5-19)15-16-3-8-21-15/h12H,3-11H2,1-2H3;11H,5-10,12H2,1-4H3;11,13H,4-10,12H2,1-3H3;2*9,11-12H,5-8,10H2,1-4H3;3,8-10H,2,4-7H2,1H3. The number of aryl methyl sites for hydroxylation is 6. The smallest absolute Gasteiger partial charge is 0.185 e. The highest BCUT2D eigenvalue weighted by atomic mass is 32.2. The van der Waals surface area contributed by atoms with Crippen LogP contribution in [-0.4, -0.2) is 329 Å². The Balaban J connectivity index is 0.000000109. The molecule has 0 N–H and O–H groups in total. The van der Waals surface area contributed by atoms with E-state index < -0.39 is 0 Å². The van der Waals surface area contributed by atoms with E-state index in [2.05, 4.69) is 262 Å². The molecule has 12 aliphatic rings. The van der Waals surface area contributed by atoms with Gasteiger partial charge in [0.25, 0.3) is 0 Å². The maximum absolute atomic E-state index is 4.81. The van der Waals surface area contributed by atoms with Crippen LogP contribution in [0, 0.1) is 6.92 Å². The SMILES string of the molecule is CC(C)c1cc2c(N3CCN(C4=NCC(C)(C)S4)CC3)ncnc2s1.CC(C)c1cc2c(N3CCN(C4=NCC(C)(C)S4)CC3)ncnc2s1.CC1(C)CN=C(N2CCN(c3ncnc4sc5c(c34)CCCC5)CC2)S1.CCCCc1cc2c(N3CCN(C4=NCC(C)(C)S4)CC3)ncnc2s1.CCCc1cc2c(N3CCN(C4=NCC(C)(C)S4)CC3)nc(C)nc2s1.CCc1cc2c(N3CCN(c4nccs4)CC3)ncnc2s1. The average Bonchev–Trinajstić information content (AvgIpc) is 1.61. The second-order valence-corrected chi connectivity index (χ2v) is 59.8. The van der Waals surface area contributed by atoms with E-state index in [1.54, 1.807) is 81.9 Å². The van der Waals surface area contributed by atoms with E-state index in [9.17, 15) is 0 Å². The van der Waals surface area contributed by atoms with E-state index in [0.29, 0.717) is 11.8 Å². The fraction of sp³-hybridized carbons (Fsp3) is 0.593. The third-order valence-corrected chi connectivity index (χ3v) is 43.1. The average molecular weight is 2250 g/mol. The van der Waals surface area contributed by atoms with Crippen molar-refractivity contribution in [2.45, 2.75) is 224 Å². The number of nitrogens with zero attached hydrogens (tertiary/aromatic N) is 30. The quantitative estimate of drug-likeness (QED) is 0.0922. The lowest BCUT2D eigenvalue weighted by molar-refractivity contribution is 0.391. The molecule has 0 unspecified atom stereocenters. The van der Waals surface area contributed by atoms with Gasteiger partial charge in [-0.3, -0.25) is 25.0 Å². The molecule has 30 nitrogen and oxygen atoms in total. The number of thiophene rings is 6. The minimum Gasteiger partial charge on any atom is -0.352 e. The van der Waals surface area contributed by atoms with E-state index in [4.69, 9.17) is 34.9 Å². The number of amidine groups is 5. The Morgan fingerprint density at radius 3 is 0.987 bits per heavy atom. The van der Waals surface area contributed by atoms with Crippen LogP contribution < -0.4 is 34.3 Å². The van der Waals surface area contributed by atoms with Gasteiger partial charge in [0, 0.05) is 222 Å². The maximum atomic E-state index is 4.81. The Morgan fingerprint density at radius 1 is 0.307 bits per heavy atom. The van der Waals surface area contributed by atoms with Crippen LogP contribution in [-0.2, 0) is 32.1 Å². The summed E-state index contributed by atoms with van der Waals surface area (Å²) >= 11 is 22.2. The van der Waals surface area contributed by atoms with Gasteiger partial charge in [-0.1, -0.05) is 120 Å². The topological polar surface area (TPSA) is 268 Å². The van der Waals surface area contributed by atoms with Crippen LogP contribution in [0.2, 0.25) is 0 Å². The molecule has 6 saturated heterocycles. The summed E-state index contributed by atoms with van der Waals surface area (Å²) < 4.78 is 1.23. The van der Waals surface area contributed by atoms with Crippen LogP contribution in [0.15, 0.2) is 98.5 Å². The Hall–Kier alpha value is -8.43. The molecule has 0 bridgehead atoms. The van der Waals surface area contributed by atoms with E-state index in [-0.39, 0.29) is 23.7 Å². The zero-order chi connectivity index (χ0) is 104. The first-order chi connectivity index (χ1) is 72.3. The minimum atomic E-state index is 0.245. The van der Waals surface area contributed by atoms with Gasteiger partial charge in [0.05, 0.1) is 65.0 Å². The van der Waals surface area contributed by atoms with Gasteiger partial charge in [-0.05, 0) is 175 Å². The molecule has 25 rings (SSSR count). The lowest BCUT2D eigenvalue weighted by atomic mass is 9.97. The molecule has 42 heteroatoms. The van der Waals surface area contributed by atoms with Crippen LogP contribution in [0.25, 0.3) is 61.3 Å². The van der Waals surface area contributed by atoms with Crippen molar-refractivity contribution in [1.29, 1.82) is 0 Å². The molecule has 150 heavy (non-hydrogen) atoms. The summed E-state index contributed by atoms with van der Waals surface area (Å²) in [4.78, 5) is 128. The number of hydrogen-bond acceptors (Lipinski definition) is 42. The third kappa shape index (κ3) is 25.6. The summed E-state index contributed by atoms with van der Waals surface area (Å²) in [5.74, 6) is 8.59. The summed E-state index contributed by atoms with van der Waals surface area (Å²) in [6.45, 7) is 69.0. The molecule has 1 aliphatic carbocycles. The fourth-order valence-electron chi connectivity index (χ4n) is 20.4. The molecule has 24 heterocycles. The lowest BCUT2D eigenvalue weighted by Gasteiger charge is -2.37. The number of aromatic nitrogens is 13. The molecule has 13 aromatic heterocycles. The van der Waals surface area contributed by atoms with Crippen molar-refractivity contribution < 1.29 is 0 Å². The van der Waals surface area contributed by atoms with E-state index in [0.717, 1.165) is 279 Å². The molecule has 0 saturated carbocycles. The second kappa shape index (κ2) is 47.3. The van der Waals surface area contributed by atoms with Crippen LogP contribution in [0.1, 0.15) is 202 Å². The molecule has 0 amide bonds. The molecule has 0 atom stereocenters. The molecular weight excluding hydrogens is 2100 g/mol. The maximum Gasteiger partial charge on any atom is 0.185 e. The summed E-state index contributed by atoms with van der Waals surface area (Å²) in [5, 5.41) is 16.7. The summed E-state index contributed by atoms with van der Waals surface area (Å²) in [6.07, 6.45) is 22.5. The van der Waals surface area contributed by atoms with Crippen LogP contribution >= 0.6 is 138 Å². The monoisotopic (exact) mass is 2250 g/mol. The van der Waals surface area contributed by atoms with Crippen molar-refractivity contribution in [2.75, 3.05) is 224 Å². The first-order valence-electron chi connectivity index (χ1n) is 53.9. The molecular formula is C108H146N30S12. The number of thiazole rings is 1. The van der Waals surface area contributed by atoms with Gasteiger partial charge in [0.2, 0.25) is 0 Å². The first-order valence-corrected chi connectivity index (χ1v) is 63.7. The number of fused-ring (bicyclic) bond motifs is 8. The van der Waals surface area contributed by atoms with Crippen LogP contribution in [0.3, 0.4) is 0 Å². The normalized spacial score (nSPS) is 20.0. The fourth-order valence-corrected chi connectivity index (χ4v) is 32.8. The number of thioether (sulfide) groups is 5. The van der Waals surface area contributed by atoms with Crippen LogP contribution in [0.4, 0.5) is 40.0 Å². The third-order valence-electron chi connectivity index (χ3n) is 28.7. The largest absolute Gasteiger partial charge is 0.352 e. The first kappa shape index (κ1) is 108. The van der Waals surface area contributed by atoms with Crippen LogP contribution in [0.5, 0.6) is 0 Å². The number of anilines is 7. The van der Waals surface area contributed by atoms with E-state index >= 15 is 0 Å². The van der Waals surface area contributed by atoms with Gasteiger partial charge in [-0.2, -0.15) is 0 Å². The van der Waals surface area contributed by atoms with Crippen molar-refractivity contribution in [3.8, 4) is 0 Å².